The summed E-state index contributed by atoms with van der Waals surface area (Å²) in [5, 5.41) is 0. The lowest BCUT2D eigenvalue weighted by molar-refractivity contribution is -0.130. The summed E-state index contributed by atoms with van der Waals surface area (Å²) in [7, 11) is 0. The Morgan fingerprint density at radius 1 is 1.09 bits per heavy atom. The maximum absolute atomic E-state index is 12.5. The van der Waals surface area contributed by atoms with Crippen molar-refractivity contribution in [1.29, 1.82) is 0 Å². The third-order valence-corrected chi connectivity index (χ3v) is 4.60. The van der Waals surface area contributed by atoms with E-state index >= 15 is 0 Å². The molecule has 1 fully saturated rings. The van der Waals surface area contributed by atoms with Gasteiger partial charge in [-0.1, -0.05) is 12.1 Å². The lowest BCUT2D eigenvalue weighted by Crippen LogP contribution is -2.49. The smallest absolute Gasteiger partial charge is 0.227 e. The number of piperazine rings is 1. The van der Waals surface area contributed by atoms with Crippen LogP contribution < -0.4 is 4.90 Å². The summed E-state index contributed by atoms with van der Waals surface area (Å²) in [5.41, 5.74) is 5.88. The molecular weight excluding hydrogens is 286 g/mol. The third-order valence-electron chi connectivity index (χ3n) is 4.60. The summed E-state index contributed by atoms with van der Waals surface area (Å²) in [6.45, 7) is 9.59. The van der Waals surface area contributed by atoms with Crippen LogP contribution in [0.4, 0.5) is 5.69 Å². The second kappa shape index (κ2) is 6.49. The molecule has 4 heteroatoms. The van der Waals surface area contributed by atoms with Crippen LogP contribution in [0.15, 0.2) is 30.3 Å². The highest BCUT2D eigenvalue weighted by Crippen LogP contribution is 2.18. The fourth-order valence-electron chi connectivity index (χ4n) is 3.28. The molecule has 0 bridgehead atoms. The Morgan fingerprint density at radius 3 is 2.43 bits per heavy atom. The zero-order chi connectivity index (χ0) is 16.4. The molecule has 1 aromatic carbocycles. The molecular formula is C19H25N3O. The van der Waals surface area contributed by atoms with Crippen molar-refractivity contribution < 1.29 is 4.79 Å². The average Bonchev–Trinajstić information content (AvgIpc) is 2.85. The molecule has 2 aromatic rings. The van der Waals surface area contributed by atoms with Crippen molar-refractivity contribution in [3.05, 3.63) is 52.8 Å². The first-order chi connectivity index (χ1) is 11.0. The van der Waals surface area contributed by atoms with Crippen molar-refractivity contribution in [2.75, 3.05) is 31.1 Å². The Morgan fingerprint density at radius 2 is 1.83 bits per heavy atom. The standard InChI is InChI=1S/C19H25N3O/c1-14-5-4-6-18(11-14)21-7-9-22(10-8-21)19(23)13-17-12-15(2)20-16(17)3/h4-6,11-12,20H,7-10,13H2,1-3H3. The lowest BCUT2D eigenvalue weighted by atomic mass is 10.1. The Balaban J connectivity index is 1.58. The zero-order valence-corrected chi connectivity index (χ0v) is 14.2. The summed E-state index contributed by atoms with van der Waals surface area (Å²) in [6, 6.07) is 10.7. The lowest BCUT2D eigenvalue weighted by Gasteiger charge is -2.36. The van der Waals surface area contributed by atoms with Gasteiger partial charge < -0.3 is 14.8 Å². The highest BCUT2D eigenvalue weighted by atomic mass is 16.2. The van der Waals surface area contributed by atoms with E-state index in [1.165, 1.54) is 11.3 Å². The minimum Gasteiger partial charge on any atom is -0.368 e. The van der Waals surface area contributed by atoms with Crippen molar-refractivity contribution in [3.63, 3.8) is 0 Å². The van der Waals surface area contributed by atoms with Crippen molar-refractivity contribution in [1.82, 2.24) is 9.88 Å². The number of H-pyrrole nitrogens is 1. The molecule has 2 heterocycles. The van der Waals surface area contributed by atoms with Crippen LogP contribution in [0.25, 0.3) is 0 Å². The Bertz CT molecular complexity index is 696. The summed E-state index contributed by atoms with van der Waals surface area (Å²) in [6.07, 6.45) is 0.501. The van der Waals surface area contributed by atoms with Crippen LogP contribution in [0.1, 0.15) is 22.5 Å². The molecule has 1 aromatic heterocycles. The number of benzene rings is 1. The number of carbonyl (C=O) groups excluding carboxylic acids is 1. The van der Waals surface area contributed by atoms with Gasteiger partial charge in [0.05, 0.1) is 6.42 Å². The van der Waals surface area contributed by atoms with Gasteiger partial charge in [0.15, 0.2) is 0 Å². The van der Waals surface area contributed by atoms with Crippen LogP contribution >= 0.6 is 0 Å². The van der Waals surface area contributed by atoms with Crippen LogP contribution in [-0.2, 0) is 11.2 Å². The topological polar surface area (TPSA) is 39.3 Å². The summed E-state index contributed by atoms with van der Waals surface area (Å²) in [4.78, 5) is 20.1. The number of aromatic amines is 1. The summed E-state index contributed by atoms with van der Waals surface area (Å²) in [5.74, 6) is 0.232. The Labute approximate surface area is 138 Å². The molecule has 23 heavy (non-hydrogen) atoms. The predicted molar refractivity (Wildman–Crippen MR) is 93.9 cm³/mol. The SMILES string of the molecule is Cc1cccc(N2CCN(C(=O)Cc3cc(C)[nH]c3C)CC2)c1. The number of hydrogen-bond donors (Lipinski definition) is 1. The highest BCUT2D eigenvalue weighted by molar-refractivity contribution is 5.79. The van der Waals surface area contributed by atoms with Crippen LogP contribution in [0.2, 0.25) is 0 Å². The van der Waals surface area contributed by atoms with Gasteiger partial charge in [0.1, 0.15) is 0 Å². The van der Waals surface area contributed by atoms with Gasteiger partial charge in [-0.25, -0.2) is 0 Å². The van der Waals surface area contributed by atoms with Gasteiger partial charge in [-0.05, 0) is 50.1 Å². The number of anilines is 1. The monoisotopic (exact) mass is 311 g/mol. The number of carbonyl (C=O) groups is 1. The average molecular weight is 311 g/mol. The molecule has 1 N–H and O–H groups in total. The van der Waals surface area contributed by atoms with Crippen molar-refractivity contribution >= 4 is 11.6 Å². The van der Waals surface area contributed by atoms with Gasteiger partial charge in [-0.15, -0.1) is 0 Å². The van der Waals surface area contributed by atoms with Gasteiger partial charge in [-0.2, -0.15) is 0 Å². The first kappa shape index (κ1) is 15.7. The first-order valence-corrected chi connectivity index (χ1v) is 8.27. The van der Waals surface area contributed by atoms with Gasteiger partial charge in [-0.3, -0.25) is 4.79 Å². The second-order valence-corrected chi connectivity index (χ2v) is 6.49. The number of nitrogens with one attached hydrogen (secondary N) is 1. The quantitative estimate of drug-likeness (QED) is 0.947. The van der Waals surface area contributed by atoms with E-state index < -0.39 is 0 Å². The normalized spacial score (nSPS) is 15.1. The van der Waals surface area contributed by atoms with Gasteiger partial charge in [0.25, 0.3) is 0 Å². The number of hydrogen-bond acceptors (Lipinski definition) is 2. The molecule has 1 aliphatic rings. The van der Waals surface area contributed by atoms with Crippen LogP contribution in [-0.4, -0.2) is 42.0 Å². The van der Waals surface area contributed by atoms with E-state index in [1.54, 1.807) is 0 Å². The van der Waals surface area contributed by atoms with E-state index in [0.717, 1.165) is 43.1 Å². The molecule has 0 unspecified atom stereocenters. The van der Waals surface area contributed by atoms with E-state index in [2.05, 4.69) is 47.1 Å². The number of aryl methyl sites for hydroxylation is 3. The Hall–Kier alpha value is -2.23. The fourth-order valence-corrected chi connectivity index (χ4v) is 3.28. The van der Waals surface area contributed by atoms with Crippen molar-refractivity contribution in [2.24, 2.45) is 0 Å². The maximum atomic E-state index is 12.5. The molecule has 0 saturated carbocycles. The molecule has 1 amide bonds. The third kappa shape index (κ3) is 3.58. The van der Waals surface area contributed by atoms with Crippen LogP contribution in [0.3, 0.4) is 0 Å². The Kier molecular flexibility index (Phi) is 4.42. The number of rotatable bonds is 3. The minimum atomic E-state index is 0.232. The predicted octanol–water partition coefficient (Wildman–Crippen LogP) is 2.83. The molecule has 3 rings (SSSR count). The largest absolute Gasteiger partial charge is 0.368 e. The van der Waals surface area contributed by atoms with Crippen LogP contribution in [0.5, 0.6) is 0 Å². The molecule has 1 aliphatic heterocycles. The van der Waals surface area contributed by atoms with Gasteiger partial charge >= 0.3 is 0 Å². The fraction of sp³-hybridized carbons (Fsp3) is 0.421. The zero-order valence-electron chi connectivity index (χ0n) is 14.2. The molecule has 4 nitrogen and oxygen atoms in total. The summed E-state index contributed by atoms with van der Waals surface area (Å²) < 4.78 is 0. The van der Waals surface area contributed by atoms with E-state index in [9.17, 15) is 4.79 Å². The molecule has 0 atom stereocenters. The maximum Gasteiger partial charge on any atom is 0.227 e. The summed E-state index contributed by atoms with van der Waals surface area (Å²) >= 11 is 0. The number of nitrogens with zero attached hydrogens (tertiary/aromatic N) is 2. The first-order valence-electron chi connectivity index (χ1n) is 8.27. The molecule has 0 spiro atoms. The molecule has 122 valence electrons. The van der Waals surface area contributed by atoms with E-state index in [1.807, 2.05) is 18.7 Å². The van der Waals surface area contributed by atoms with Gasteiger partial charge in [0.2, 0.25) is 5.91 Å². The van der Waals surface area contributed by atoms with Crippen molar-refractivity contribution in [2.45, 2.75) is 27.2 Å². The number of amides is 1. The molecule has 0 radical (unpaired) electrons. The highest BCUT2D eigenvalue weighted by Gasteiger charge is 2.22. The molecule has 1 saturated heterocycles. The van der Waals surface area contributed by atoms with E-state index in [-0.39, 0.29) is 5.91 Å². The number of aromatic nitrogens is 1. The van der Waals surface area contributed by atoms with Gasteiger partial charge in [0, 0.05) is 43.3 Å². The van der Waals surface area contributed by atoms with Crippen LogP contribution in [0, 0.1) is 20.8 Å². The van der Waals surface area contributed by atoms with Crippen molar-refractivity contribution in [3.8, 4) is 0 Å². The van der Waals surface area contributed by atoms with E-state index in [0.29, 0.717) is 6.42 Å². The van der Waals surface area contributed by atoms with E-state index in [4.69, 9.17) is 0 Å². The minimum absolute atomic E-state index is 0.232. The molecule has 0 aliphatic carbocycles. The second-order valence-electron chi connectivity index (χ2n) is 6.49.